The number of rotatable bonds is 7. The van der Waals surface area contributed by atoms with Crippen LogP contribution in [0.15, 0.2) is 42.5 Å². The van der Waals surface area contributed by atoms with Gasteiger partial charge in [-0.15, -0.1) is 0 Å². The Morgan fingerprint density at radius 3 is 2.38 bits per heavy atom. The lowest BCUT2D eigenvalue weighted by Crippen LogP contribution is -2.53. The van der Waals surface area contributed by atoms with E-state index in [1.165, 1.54) is 6.07 Å². The van der Waals surface area contributed by atoms with E-state index in [0.29, 0.717) is 24.0 Å². The van der Waals surface area contributed by atoms with Gasteiger partial charge in [-0.3, -0.25) is 0 Å². The molecular weight excluding hydrogens is 524 g/mol. The first-order chi connectivity index (χ1) is 17.2. The number of nitrogens with zero attached hydrogens (tertiary/aromatic N) is 1. The van der Waals surface area contributed by atoms with Crippen LogP contribution >= 0.6 is 0 Å². The van der Waals surface area contributed by atoms with Crippen LogP contribution in [0.2, 0.25) is 0 Å². The summed E-state index contributed by atoms with van der Waals surface area (Å²) >= 11 is 0. The highest BCUT2D eigenvalue weighted by molar-refractivity contribution is 7.89. The van der Waals surface area contributed by atoms with Crippen molar-refractivity contribution in [1.82, 2.24) is 14.9 Å². The quantitative estimate of drug-likeness (QED) is 0.496. The van der Waals surface area contributed by atoms with E-state index >= 15 is 4.39 Å². The molecular formula is C24H25F6N3O3S. The van der Waals surface area contributed by atoms with Gasteiger partial charge in [-0.2, -0.15) is 22.0 Å². The molecule has 1 saturated carbocycles. The lowest BCUT2D eigenvalue weighted by atomic mass is 9.90. The molecule has 1 aliphatic heterocycles. The summed E-state index contributed by atoms with van der Waals surface area (Å²) in [6, 6.07) is 8.08. The Bertz CT molecular complexity index is 1270. The second-order valence-corrected chi connectivity index (χ2v) is 11.3. The van der Waals surface area contributed by atoms with Gasteiger partial charge in [0.1, 0.15) is 12.4 Å². The van der Waals surface area contributed by atoms with Gasteiger partial charge >= 0.3 is 18.0 Å². The van der Waals surface area contributed by atoms with Gasteiger partial charge in [0, 0.05) is 17.5 Å². The Kier molecular flexibility index (Phi) is 7.23. The first kappa shape index (κ1) is 27.2. The van der Waals surface area contributed by atoms with Crippen LogP contribution < -0.4 is 10.0 Å². The molecule has 2 aliphatic rings. The van der Waals surface area contributed by atoms with Gasteiger partial charge in [-0.1, -0.05) is 42.0 Å². The number of amides is 2. The SMILES string of the molecule is Cc1cc(C[C@H]2[C@@H](NS(=O)(=O)C(F)F)C3(CC3)CN2C(=O)NCC(F)(F)F)c(F)c(-c2ccccc2)c1. The third kappa shape index (κ3) is 5.87. The van der Waals surface area contributed by atoms with E-state index in [2.05, 4.69) is 0 Å². The summed E-state index contributed by atoms with van der Waals surface area (Å²) in [6.45, 7) is -0.0829. The standard InChI is InChI=1S/C24H25F6N3O3S/c1-14-9-16(19(25)17(10-14)15-5-3-2-4-6-15)11-18-20(32-37(35,36)21(26)27)23(7-8-23)13-33(18)22(34)31-12-24(28,29)30/h2-6,9-10,18,20-21,32H,7-8,11-13H2,1H3,(H,31,34)/t18-,20+/m0/s1. The Morgan fingerprint density at radius 2 is 1.81 bits per heavy atom. The molecule has 0 aromatic heterocycles. The number of likely N-dealkylation sites (tertiary alicyclic amines) is 1. The van der Waals surface area contributed by atoms with E-state index < -0.39 is 57.8 Å². The minimum atomic E-state index is -5.11. The van der Waals surface area contributed by atoms with Gasteiger partial charge in [-0.25, -0.2) is 22.3 Å². The minimum Gasteiger partial charge on any atom is -0.329 e. The van der Waals surface area contributed by atoms with Crippen LogP contribution in [0.4, 0.5) is 31.1 Å². The average Bonchev–Trinajstić information content (AvgIpc) is 3.54. The number of hydrogen-bond acceptors (Lipinski definition) is 3. The van der Waals surface area contributed by atoms with Crippen LogP contribution in [-0.2, 0) is 16.4 Å². The van der Waals surface area contributed by atoms with Crippen molar-refractivity contribution in [2.45, 2.75) is 50.2 Å². The van der Waals surface area contributed by atoms with Crippen molar-refractivity contribution in [3.05, 3.63) is 59.4 Å². The average molecular weight is 550 g/mol. The Balaban J connectivity index is 1.73. The van der Waals surface area contributed by atoms with Gasteiger partial charge in [0.25, 0.3) is 10.0 Å². The summed E-state index contributed by atoms with van der Waals surface area (Å²) < 4.78 is 107. The molecule has 2 fully saturated rings. The summed E-state index contributed by atoms with van der Waals surface area (Å²) in [6.07, 6.45) is -4.26. The lowest BCUT2D eigenvalue weighted by molar-refractivity contribution is -0.123. The summed E-state index contributed by atoms with van der Waals surface area (Å²) in [5, 5.41) is 1.76. The van der Waals surface area contributed by atoms with E-state index in [4.69, 9.17) is 0 Å². The van der Waals surface area contributed by atoms with Crippen LogP contribution in [0.1, 0.15) is 24.0 Å². The number of sulfonamides is 1. The molecule has 1 aliphatic carbocycles. The van der Waals surface area contributed by atoms with Crippen molar-refractivity contribution >= 4 is 16.1 Å². The van der Waals surface area contributed by atoms with Crippen molar-refractivity contribution in [1.29, 1.82) is 0 Å². The monoisotopic (exact) mass is 549 g/mol. The van der Waals surface area contributed by atoms with Crippen molar-refractivity contribution in [3.8, 4) is 11.1 Å². The third-order valence-electron chi connectivity index (χ3n) is 6.86. The number of benzene rings is 2. The molecule has 1 saturated heterocycles. The number of alkyl halides is 5. The molecule has 1 heterocycles. The normalized spacial score (nSPS) is 21.0. The Labute approximate surface area is 210 Å². The minimum absolute atomic E-state index is 0.0800. The zero-order valence-electron chi connectivity index (χ0n) is 19.7. The van der Waals surface area contributed by atoms with Gasteiger partial charge in [0.15, 0.2) is 0 Å². The van der Waals surface area contributed by atoms with Gasteiger partial charge in [0.05, 0.1) is 12.1 Å². The summed E-state index contributed by atoms with van der Waals surface area (Å²) in [5.41, 5.74) is 0.603. The van der Waals surface area contributed by atoms with Crippen LogP contribution in [0, 0.1) is 18.2 Å². The number of nitrogens with one attached hydrogen (secondary N) is 2. The molecule has 2 aromatic rings. The molecule has 2 amide bonds. The molecule has 2 atom stereocenters. The van der Waals surface area contributed by atoms with E-state index in [-0.39, 0.29) is 24.1 Å². The summed E-state index contributed by atoms with van der Waals surface area (Å²) in [4.78, 5) is 13.8. The molecule has 4 rings (SSSR count). The number of halogens is 6. The molecule has 13 heteroatoms. The summed E-state index contributed by atoms with van der Waals surface area (Å²) in [7, 11) is -5.11. The maximum absolute atomic E-state index is 15.7. The first-order valence-electron chi connectivity index (χ1n) is 11.5. The highest BCUT2D eigenvalue weighted by Gasteiger charge is 2.62. The van der Waals surface area contributed by atoms with Crippen molar-refractivity contribution < 1.29 is 39.6 Å². The molecule has 2 N–H and O–H groups in total. The molecule has 6 nitrogen and oxygen atoms in total. The molecule has 0 bridgehead atoms. The number of carbonyl (C=O) groups excluding carboxylic acids is 1. The van der Waals surface area contributed by atoms with E-state index in [0.717, 1.165) is 4.90 Å². The van der Waals surface area contributed by atoms with E-state index in [1.54, 1.807) is 48.6 Å². The predicted molar refractivity (Wildman–Crippen MR) is 124 cm³/mol. The zero-order valence-corrected chi connectivity index (χ0v) is 20.5. The van der Waals surface area contributed by atoms with Gasteiger partial charge in [-0.05, 0) is 43.4 Å². The van der Waals surface area contributed by atoms with E-state index in [1.807, 2.05) is 4.72 Å². The highest BCUT2D eigenvalue weighted by atomic mass is 32.2. The second-order valence-electron chi connectivity index (χ2n) is 9.59. The Morgan fingerprint density at radius 1 is 1.16 bits per heavy atom. The van der Waals surface area contributed by atoms with Crippen LogP contribution in [-0.4, -0.2) is 56.5 Å². The van der Waals surface area contributed by atoms with Crippen LogP contribution in [0.3, 0.4) is 0 Å². The molecule has 2 aromatic carbocycles. The second kappa shape index (κ2) is 9.82. The number of urea groups is 1. The fraction of sp³-hybridized carbons (Fsp3) is 0.458. The smallest absolute Gasteiger partial charge is 0.329 e. The topological polar surface area (TPSA) is 78.5 Å². The highest BCUT2D eigenvalue weighted by Crippen LogP contribution is 2.55. The molecule has 0 radical (unpaired) electrons. The molecule has 1 spiro atoms. The van der Waals surface area contributed by atoms with Crippen molar-refractivity contribution in [2.24, 2.45) is 5.41 Å². The first-order valence-corrected chi connectivity index (χ1v) is 13.0. The molecule has 202 valence electrons. The third-order valence-corrected chi connectivity index (χ3v) is 7.91. The van der Waals surface area contributed by atoms with Crippen molar-refractivity contribution in [3.63, 3.8) is 0 Å². The maximum Gasteiger partial charge on any atom is 0.405 e. The maximum atomic E-state index is 15.7. The van der Waals surface area contributed by atoms with Crippen molar-refractivity contribution in [2.75, 3.05) is 13.1 Å². The zero-order chi connectivity index (χ0) is 27.2. The van der Waals surface area contributed by atoms with Gasteiger partial charge in [0.2, 0.25) is 0 Å². The summed E-state index contributed by atoms with van der Waals surface area (Å²) in [5.74, 6) is -4.41. The fourth-order valence-corrected chi connectivity index (χ4v) is 5.84. The number of aryl methyl sites for hydroxylation is 1. The van der Waals surface area contributed by atoms with Crippen LogP contribution in [0.25, 0.3) is 11.1 Å². The molecule has 0 unspecified atom stereocenters. The lowest BCUT2D eigenvalue weighted by Gasteiger charge is -2.30. The molecule has 37 heavy (non-hydrogen) atoms. The van der Waals surface area contributed by atoms with Gasteiger partial charge < -0.3 is 10.2 Å². The number of hydrogen-bond donors (Lipinski definition) is 2. The predicted octanol–water partition coefficient (Wildman–Crippen LogP) is 4.59. The largest absolute Gasteiger partial charge is 0.405 e. The van der Waals surface area contributed by atoms with E-state index in [9.17, 15) is 35.2 Å². The number of carbonyl (C=O) groups is 1. The fourth-order valence-electron chi connectivity index (χ4n) is 4.98. The van der Waals surface area contributed by atoms with Crippen LogP contribution in [0.5, 0.6) is 0 Å². The Hall–Kier alpha value is -2.80.